The van der Waals surface area contributed by atoms with Crippen LogP contribution in [0, 0.1) is 5.92 Å². The normalized spacial score (nSPS) is 11.2. The first-order chi connectivity index (χ1) is 9.42. The van der Waals surface area contributed by atoms with Crippen LogP contribution in [0.5, 0.6) is 0 Å². The fraction of sp³-hybridized carbons (Fsp3) is 0.429. The maximum absolute atomic E-state index is 10.4. The highest BCUT2D eigenvalue weighted by Crippen LogP contribution is 2.04. The van der Waals surface area contributed by atoms with Crippen molar-refractivity contribution in [3.63, 3.8) is 0 Å². The number of nitrogens with two attached hydrogens (primary N) is 2. The Balaban J connectivity index is 0.000000396. The van der Waals surface area contributed by atoms with Crippen molar-refractivity contribution < 1.29 is 19.8 Å². The zero-order chi connectivity index (χ0) is 15.5. The first-order valence-corrected chi connectivity index (χ1v) is 6.39. The first-order valence-electron chi connectivity index (χ1n) is 6.39. The van der Waals surface area contributed by atoms with Crippen LogP contribution in [0.4, 0.5) is 0 Å². The average molecular weight is 282 g/mol. The van der Waals surface area contributed by atoms with E-state index in [0.29, 0.717) is 5.92 Å². The van der Waals surface area contributed by atoms with Crippen LogP contribution >= 0.6 is 0 Å². The second kappa shape index (κ2) is 9.94. The minimum Gasteiger partial charge on any atom is -0.478 e. The van der Waals surface area contributed by atoms with E-state index in [1.807, 2.05) is 0 Å². The monoisotopic (exact) mass is 282 g/mol. The molecule has 6 nitrogen and oxygen atoms in total. The van der Waals surface area contributed by atoms with Crippen LogP contribution in [0.25, 0.3) is 0 Å². The van der Waals surface area contributed by atoms with Gasteiger partial charge in [-0.1, -0.05) is 13.0 Å². The predicted molar refractivity (Wildman–Crippen MR) is 76.9 cm³/mol. The van der Waals surface area contributed by atoms with Gasteiger partial charge in [-0.15, -0.1) is 0 Å². The molecule has 1 atom stereocenters. The summed E-state index contributed by atoms with van der Waals surface area (Å²) in [6, 6.07) is 5.20. The number of rotatable bonds is 6. The third kappa shape index (κ3) is 7.50. The van der Waals surface area contributed by atoms with Crippen LogP contribution < -0.4 is 11.5 Å². The molecule has 6 N–H and O–H groups in total. The molecule has 0 radical (unpaired) electrons. The van der Waals surface area contributed by atoms with Crippen molar-refractivity contribution in [1.82, 2.24) is 0 Å². The first kappa shape index (κ1) is 18.1. The zero-order valence-electron chi connectivity index (χ0n) is 11.6. The maximum atomic E-state index is 10.4. The predicted octanol–water partition coefficient (Wildman–Crippen LogP) is 1.40. The zero-order valence-corrected chi connectivity index (χ0v) is 11.6. The summed E-state index contributed by atoms with van der Waals surface area (Å²) in [6.45, 7) is 3.74. The van der Waals surface area contributed by atoms with E-state index >= 15 is 0 Å². The minimum absolute atomic E-state index is 0.0186. The lowest BCUT2D eigenvalue weighted by Crippen LogP contribution is -2.12. The number of aromatic carboxylic acids is 2. The van der Waals surface area contributed by atoms with E-state index in [2.05, 4.69) is 6.92 Å². The Morgan fingerprint density at radius 3 is 2.00 bits per heavy atom. The Kier molecular flexibility index (Phi) is 8.98. The largest absolute Gasteiger partial charge is 0.478 e. The molecule has 0 aliphatic rings. The molecule has 0 aromatic heterocycles. The lowest BCUT2D eigenvalue weighted by Gasteiger charge is -2.04. The molecule has 0 aliphatic heterocycles. The van der Waals surface area contributed by atoms with Gasteiger partial charge in [-0.3, -0.25) is 0 Å². The van der Waals surface area contributed by atoms with Crippen LogP contribution in [-0.2, 0) is 0 Å². The number of hydrogen-bond acceptors (Lipinski definition) is 4. The Morgan fingerprint density at radius 2 is 1.65 bits per heavy atom. The Bertz CT molecular complexity index is 406. The van der Waals surface area contributed by atoms with Crippen molar-refractivity contribution in [2.24, 2.45) is 17.4 Å². The molecule has 1 unspecified atom stereocenters. The molecule has 0 saturated heterocycles. The molecular weight excluding hydrogens is 260 g/mol. The van der Waals surface area contributed by atoms with Gasteiger partial charge in [0.2, 0.25) is 0 Å². The Hall–Kier alpha value is -1.92. The van der Waals surface area contributed by atoms with Crippen molar-refractivity contribution in [1.29, 1.82) is 0 Å². The van der Waals surface area contributed by atoms with E-state index in [9.17, 15) is 9.59 Å². The van der Waals surface area contributed by atoms with Gasteiger partial charge in [-0.2, -0.15) is 0 Å². The summed E-state index contributed by atoms with van der Waals surface area (Å²) in [5, 5.41) is 17.0. The van der Waals surface area contributed by atoms with Gasteiger partial charge in [0, 0.05) is 0 Å². The highest BCUT2D eigenvalue weighted by Gasteiger charge is 2.06. The fourth-order valence-corrected chi connectivity index (χ4v) is 1.37. The topological polar surface area (TPSA) is 127 Å². The summed E-state index contributed by atoms with van der Waals surface area (Å²) >= 11 is 0. The molecule has 112 valence electrons. The molecule has 0 aliphatic carbocycles. The molecule has 0 fully saturated rings. The summed E-state index contributed by atoms with van der Waals surface area (Å²) in [7, 11) is 0. The summed E-state index contributed by atoms with van der Waals surface area (Å²) in [6.07, 6.45) is 2.28. The van der Waals surface area contributed by atoms with Crippen LogP contribution in [0.1, 0.15) is 40.5 Å². The van der Waals surface area contributed by atoms with E-state index in [1.165, 1.54) is 24.6 Å². The maximum Gasteiger partial charge on any atom is 0.335 e. The highest BCUT2D eigenvalue weighted by molar-refractivity contribution is 5.93. The number of hydrogen-bond donors (Lipinski definition) is 4. The van der Waals surface area contributed by atoms with Crippen LogP contribution in [0.15, 0.2) is 24.3 Å². The van der Waals surface area contributed by atoms with E-state index in [-0.39, 0.29) is 11.1 Å². The number of benzene rings is 1. The number of carboxylic acid groups (broad SMARTS) is 2. The van der Waals surface area contributed by atoms with Crippen molar-refractivity contribution in [3.8, 4) is 0 Å². The van der Waals surface area contributed by atoms with Crippen LogP contribution in [0.2, 0.25) is 0 Å². The van der Waals surface area contributed by atoms with Gasteiger partial charge in [0.05, 0.1) is 11.1 Å². The lowest BCUT2D eigenvalue weighted by atomic mass is 10.1. The summed E-state index contributed by atoms with van der Waals surface area (Å²) < 4.78 is 0. The van der Waals surface area contributed by atoms with Gasteiger partial charge in [-0.25, -0.2) is 9.59 Å². The van der Waals surface area contributed by atoms with E-state index in [1.54, 1.807) is 0 Å². The SMILES string of the molecule is CC(CN)CCCN.O=C(O)c1cccc(C(=O)O)c1. The molecular formula is C14H22N2O4. The number of carboxylic acids is 2. The summed E-state index contributed by atoms with van der Waals surface area (Å²) in [4.78, 5) is 20.8. The Morgan fingerprint density at radius 1 is 1.15 bits per heavy atom. The molecule has 20 heavy (non-hydrogen) atoms. The van der Waals surface area contributed by atoms with Gasteiger partial charge in [-0.05, 0) is 50.0 Å². The van der Waals surface area contributed by atoms with Crippen LogP contribution in [-0.4, -0.2) is 35.2 Å². The summed E-state index contributed by atoms with van der Waals surface area (Å²) in [5.74, 6) is -1.60. The van der Waals surface area contributed by atoms with Crippen LogP contribution in [0.3, 0.4) is 0 Å². The molecule has 0 amide bonds. The van der Waals surface area contributed by atoms with E-state index < -0.39 is 11.9 Å². The van der Waals surface area contributed by atoms with Gasteiger partial charge in [0.1, 0.15) is 0 Å². The third-order valence-electron chi connectivity index (χ3n) is 2.66. The summed E-state index contributed by atoms with van der Waals surface area (Å²) in [5.41, 5.74) is 10.6. The van der Waals surface area contributed by atoms with E-state index in [0.717, 1.165) is 25.6 Å². The number of carbonyl (C=O) groups is 2. The van der Waals surface area contributed by atoms with Crippen molar-refractivity contribution in [3.05, 3.63) is 35.4 Å². The molecule has 1 aromatic carbocycles. The molecule has 1 aromatic rings. The van der Waals surface area contributed by atoms with E-state index in [4.69, 9.17) is 21.7 Å². The molecule has 0 spiro atoms. The molecule has 0 heterocycles. The highest BCUT2D eigenvalue weighted by atomic mass is 16.4. The average Bonchev–Trinajstić information content (AvgIpc) is 2.45. The minimum atomic E-state index is -1.13. The second-order valence-electron chi connectivity index (χ2n) is 4.46. The van der Waals surface area contributed by atoms with Gasteiger partial charge >= 0.3 is 11.9 Å². The third-order valence-corrected chi connectivity index (χ3v) is 2.66. The fourth-order valence-electron chi connectivity index (χ4n) is 1.37. The molecule has 0 bridgehead atoms. The van der Waals surface area contributed by atoms with Crippen molar-refractivity contribution >= 4 is 11.9 Å². The lowest BCUT2D eigenvalue weighted by molar-refractivity contribution is 0.0696. The van der Waals surface area contributed by atoms with Gasteiger partial charge in [0.15, 0.2) is 0 Å². The second-order valence-corrected chi connectivity index (χ2v) is 4.46. The van der Waals surface area contributed by atoms with Gasteiger partial charge < -0.3 is 21.7 Å². The van der Waals surface area contributed by atoms with Crippen molar-refractivity contribution in [2.75, 3.05) is 13.1 Å². The van der Waals surface area contributed by atoms with Gasteiger partial charge in [0.25, 0.3) is 0 Å². The molecule has 1 rings (SSSR count). The molecule has 0 saturated carbocycles. The van der Waals surface area contributed by atoms with Crippen molar-refractivity contribution in [2.45, 2.75) is 19.8 Å². The smallest absolute Gasteiger partial charge is 0.335 e. The molecule has 6 heteroatoms. The quantitative estimate of drug-likeness (QED) is 0.624. The Labute approximate surface area is 118 Å². The standard InChI is InChI=1S/C8H6O4.C6H16N2/c9-7(10)5-2-1-3-6(4-5)8(11)12;1-6(5-8)3-2-4-7/h1-4H,(H,9,10)(H,11,12);6H,2-5,7-8H2,1H3.